The molecule has 0 spiro atoms. The van der Waals surface area contributed by atoms with E-state index in [1.807, 2.05) is 31.2 Å². The summed E-state index contributed by atoms with van der Waals surface area (Å²) in [7, 11) is 0. The van der Waals surface area contributed by atoms with Gasteiger partial charge in [-0.2, -0.15) is 0 Å². The highest BCUT2D eigenvalue weighted by Crippen LogP contribution is 2.33. The van der Waals surface area contributed by atoms with Crippen LogP contribution in [0.15, 0.2) is 41.2 Å². The summed E-state index contributed by atoms with van der Waals surface area (Å²) in [5.41, 5.74) is 1.51. The Labute approximate surface area is 143 Å². The molecule has 0 saturated carbocycles. The van der Waals surface area contributed by atoms with E-state index in [0.29, 0.717) is 11.6 Å². The molecule has 0 amide bonds. The molecule has 2 N–H and O–H groups in total. The molecule has 9 nitrogen and oxygen atoms in total. The predicted octanol–water partition coefficient (Wildman–Crippen LogP) is 3.73. The van der Waals surface area contributed by atoms with Crippen molar-refractivity contribution in [2.24, 2.45) is 0 Å². The quantitative estimate of drug-likeness (QED) is 0.514. The normalized spacial score (nSPS) is 10.5. The number of hydrogen-bond donors (Lipinski definition) is 2. The molecule has 2 heterocycles. The highest BCUT2D eigenvalue weighted by Gasteiger charge is 2.24. The van der Waals surface area contributed by atoms with Crippen LogP contribution in [0.5, 0.6) is 0 Å². The third-order valence-electron chi connectivity index (χ3n) is 3.53. The predicted molar refractivity (Wildman–Crippen MR) is 92.3 cm³/mol. The fourth-order valence-electron chi connectivity index (χ4n) is 2.36. The minimum absolute atomic E-state index is 0.0322. The van der Waals surface area contributed by atoms with Crippen LogP contribution in [0.25, 0.3) is 0 Å². The molecule has 0 fully saturated rings. The van der Waals surface area contributed by atoms with E-state index in [-0.39, 0.29) is 17.3 Å². The summed E-state index contributed by atoms with van der Waals surface area (Å²) in [6.45, 7) is 3.73. The fraction of sp³-hybridized carbons (Fsp3) is 0.188. The van der Waals surface area contributed by atoms with E-state index in [9.17, 15) is 10.1 Å². The summed E-state index contributed by atoms with van der Waals surface area (Å²) in [5.74, 6) is 1.04. The second-order valence-electron chi connectivity index (χ2n) is 5.26. The van der Waals surface area contributed by atoms with E-state index in [2.05, 4.69) is 25.8 Å². The molecule has 0 aliphatic heterocycles. The van der Waals surface area contributed by atoms with E-state index in [1.165, 1.54) is 6.33 Å². The lowest BCUT2D eigenvalue weighted by Gasteiger charge is -2.11. The molecule has 0 aliphatic carbocycles. The molecular weight excluding hydrogens is 324 g/mol. The lowest BCUT2D eigenvalue weighted by molar-refractivity contribution is -0.383. The van der Waals surface area contributed by atoms with Gasteiger partial charge >= 0.3 is 5.69 Å². The number of nitrogens with zero attached hydrogens (tertiary/aromatic N) is 4. The van der Waals surface area contributed by atoms with Crippen molar-refractivity contribution < 1.29 is 9.45 Å². The minimum Gasteiger partial charge on any atom is -0.360 e. The van der Waals surface area contributed by atoms with Crippen molar-refractivity contribution in [2.45, 2.75) is 20.3 Å². The second-order valence-corrected chi connectivity index (χ2v) is 5.26. The maximum absolute atomic E-state index is 11.6. The van der Waals surface area contributed by atoms with Crippen LogP contribution in [0.3, 0.4) is 0 Å². The van der Waals surface area contributed by atoms with Gasteiger partial charge in [-0.15, -0.1) is 0 Å². The highest BCUT2D eigenvalue weighted by atomic mass is 16.6. The first kappa shape index (κ1) is 16.4. The average Bonchev–Trinajstić information content (AvgIpc) is 3.00. The summed E-state index contributed by atoms with van der Waals surface area (Å²) >= 11 is 0. The van der Waals surface area contributed by atoms with Crippen molar-refractivity contribution in [3.63, 3.8) is 0 Å². The van der Waals surface area contributed by atoms with Crippen molar-refractivity contribution in [1.82, 2.24) is 15.1 Å². The number of para-hydroxylation sites is 1. The fourth-order valence-corrected chi connectivity index (χ4v) is 2.36. The van der Waals surface area contributed by atoms with Crippen LogP contribution >= 0.6 is 0 Å². The lowest BCUT2D eigenvalue weighted by Crippen LogP contribution is -2.06. The molecule has 9 heteroatoms. The van der Waals surface area contributed by atoms with Crippen LogP contribution in [-0.2, 0) is 6.42 Å². The molecule has 0 bridgehead atoms. The maximum Gasteiger partial charge on any atom is 0.353 e. The topological polar surface area (TPSA) is 119 Å². The van der Waals surface area contributed by atoms with E-state index < -0.39 is 4.92 Å². The molecule has 0 unspecified atom stereocenters. The molecule has 2 aromatic heterocycles. The number of nitrogens with one attached hydrogen (secondary N) is 2. The Balaban J connectivity index is 1.99. The molecule has 3 aromatic rings. The van der Waals surface area contributed by atoms with Crippen LogP contribution in [0.4, 0.5) is 28.8 Å². The zero-order chi connectivity index (χ0) is 17.8. The van der Waals surface area contributed by atoms with E-state index in [0.717, 1.165) is 17.7 Å². The number of rotatable bonds is 6. The summed E-state index contributed by atoms with van der Waals surface area (Å²) < 4.78 is 4.95. The Kier molecular flexibility index (Phi) is 4.55. The Morgan fingerprint density at radius 3 is 2.56 bits per heavy atom. The van der Waals surface area contributed by atoms with Gasteiger partial charge in [0.25, 0.3) is 0 Å². The molecule has 0 saturated heterocycles. The van der Waals surface area contributed by atoms with Gasteiger partial charge in [-0.3, -0.25) is 10.1 Å². The van der Waals surface area contributed by atoms with Crippen LogP contribution < -0.4 is 10.6 Å². The second kappa shape index (κ2) is 6.95. The van der Waals surface area contributed by atoms with Gasteiger partial charge in [-0.25, -0.2) is 9.97 Å². The first-order chi connectivity index (χ1) is 12.1. The number of anilines is 4. The Morgan fingerprint density at radius 1 is 1.20 bits per heavy atom. The largest absolute Gasteiger partial charge is 0.360 e. The molecule has 128 valence electrons. The number of benzene rings is 1. The lowest BCUT2D eigenvalue weighted by atomic mass is 10.1. The summed E-state index contributed by atoms with van der Waals surface area (Å²) in [6, 6.07) is 9.18. The third kappa shape index (κ3) is 3.55. The van der Waals surface area contributed by atoms with Crippen molar-refractivity contribution in [1.29, 1.82) is 0 Å². The monoisotopic (exact) mass is 340 g/mol. The third-order valence-corrected chi connectivity index (χ3v) is 3.53. The first-order valence-corrected chi connectivity index (χ1v) is 7.63. The standard InChI is InChI=1S/C16H16N6O3/c1-3-11-6-4-5-7-12(11)19-15-14(22(23)24)16(18-9-17-15)20-13-8-10(2)25-21-13/h4-9H,3H2,1-2H3,(H2,17,18,19,20,21). The molecule has 3 rings (SSSR count). The van der Waals surface area contributed by atoms with Crippen LogP contribution in [0.2, 0.25) is 0 Å². The molecular formula is C16H16N6O3. The van der Waals surface area contributed by atoms with Gasteiger partial charge < -0.3 is 15.2 Å². The first-order valence-electron chi connectivity index (χ1n) is 7.63. The summed E-state index contributed by atoms with van der Waals surface area (Å²) in [6.07, 6.45) is 2.03. The van der Waals surface area contributed by atoms with Crippen molar-refractivity contribution in [3.8, 4) is 0 Å². The van der Waals surface area contributed by atoms with Crippen molar-refractivity contribution in [2.75, 3.05) is 10.6 Å². The Morgan fingerprint density at radius 2 is 1.92 bits per heavy atom. The van der Waals surface area contributed by atoms with Crippen LogP contribution in [-0.4, -0.2) is 20.0 Å². The molecule has 1 aromatic carbocycles. The van der Waals surface area contributed by atoms with E-state index in [4.69, 9.17) is 4.52 Å². The van der Waals surface area contributed by atoms with Gasteiger partial charge in [-0.1, -0.05) is 30.3 Å². The smallest absolute Gasteiger partial charge is 0.353 e. The zero-order valence-electron chi connectivity index (χ0n) is 13.7. The Bertz CT molecular complexity index is 908. The van der Waals surface area contributed by atoms with Gasteiger partial charge in [0.1, 0.15) is 12.1 Å². The molecule has 25 heavy (non-hydrogen) atoms. The zero-order valence-corrected chi connectivity index (χ0v) is 13.7. The van der Waals surface area contributed by atoms with Gasteiger partial charge in [0, 0.05) is 11.8 Å². The number of aryl methyl sites for hydroxylation is 2. The summed E-state index contributed by atoms with van der Waals surface area (Å²) in [4.78, 5) is 19.0. The van der Waals surface area contributed by atoms with Gasteiger partial charge in [0.15, 0.2) is 5.82 Å². The van der Waals surface area contributed by atoms with Crippen molar-refractivity contribution in [3.05, 3.63) is 58.1 Å². The average molecular weight is 340 g/mol. The van der Waals surface area contributed by atoms with E-state index in [1.54, 1.807) is 13.0 Å². The van der Waals surface area contributed by atoms with Gasteiger partial charge in [-0.05, 0) is 25.0 Å². The number of nitro groups is 1. The van der Waals surface area contributed by atoms with Gasteiger partial charge in [0.2, 0.25) is 11.6 Å². The van der Waals surface area contributed by atoms with Crippen LogP contribution in [0, 0.1) is 17.0 Å². The van der Waals surface area contributed by atoms with Crippen LogP contribution in [0.1, 0.15) is 18.2 Å². The molecule has 0 aliphatic rings. The minimum atomic E-state index is -0.536. The molecule has 0 radical (unpaired) electrons. The maximum atomic E-state index is 11.6. The van der Waals surface area contributed by atoms with Gasteiger partial charge in [0.05, 0.1) is 4.92 Å². The number of aromatic nitrogens is 3. The van der Waals surface area contributed by atoms with Crippen molar-refractivity contribution >= 4 is 28.8 Å². The van der Waals surface area contributed by atoms with E-state index >= 15 is 0 Å². The summed E-state index contributed by atoms with van der Waals surface area (Å²) in [5, 5.41) is 21.2. The Hall–Kier alpha value is -3.49. The number of hydrogen-bond acceptors (Lipinski definition) is 8. The SMILES string of the molecule is CCc1ccccc1Nc1ncnc(Nc2cc(C)on2)c1[N+](=O)[O-]. The highest BCUT2D eigenvalue weighted by molar-refractivity contribution is 5.76. The molecule has 0 atom stereocenters.